The first kappa shape index (κ1) is 11.3. The summed E-state index contributed by atoms with van der Waals surface area (Å²) in [6.07, 6.45) is 3.58. The Kier molecular flexibility index (Phi) is 3.18. The highest BCUT2D eigenvalue weighted by atomic mass is 16.1. The quantitative estimate of drug-likeness (QED) is 0.871. The zero-order chi connectivity index (χ0) is 12.3. The molecule has 5 nitrogen and oxygen atoms in total. The topological polar surface area (TPSA) is 59.8 Å². The van der Waals surface area contributed by atoms with Gasteiger partial charge in [0.25, 0.3) is 0 Å². The van der Waals surface area contributed by atoms with Crippen molar-refractivity contribution >= 4 is 11.7 Å². The molecule has 0 aliphatic heterocycles. The molecule has 1 N–H and O–H groups in total. The molecule has 0 saturated heterocycles. The minimum atomic E-state index is -0.121. The Hall–Kier alpha value is -2.17. The lowest BCUT2D eigenvalue weighted by Crippen LogP contribution is -2.08. The second kappa shape index (κ2) is 4.78. The smallest absolute Gasteiger partial charge is 0.222 e. The molecule has 17 heavy (non-hydrogen) atoms. The van der Waals surface area contributed by atoms with Crippen LogP contribution in [0.3, 0.4) is 0 Å². The lowest BCUT2D eigenvalue weighted by Gasteiger charge is -2.04. The summed E-state index contributed by atoms with van der Waals surface area (Å²) in [6.45, 7) is 4.08. The number of anilines is 1. The van der Waals surface area contributed by atoms with E-state index in [1.54, 1.807) is 16.9 Å². The Morgan fingerprint density at radius 3 is 3.00 bits per heavy atom. The number of carbonyl (C=O) groups excluding carboxylic acids is 1. The molecule has 0 aliphatic rings. The Labute approximate surface area is 99.5 Å². The Bertz CT molecular complexity index is 533. The second-order valence-corrected chi connectivity index (χ2v) is 3.85. The molecule has 2 aromatic heterocycles. The molecule has 2 heterocycles. The third-order valence-corrected chi connectivity index (χ3v) is 2.37. The van der Waals surface area contributed by atoms with Crippen LogP contribution in [0.15, 0.2) is 30.6 Å². The third kappa shape index (κ3) is 2.90. The van der Waals surface area contributed by atoms with E-state index in [0.717, 1.165) is 11.3 Å². The first-order valence-electron chi connectivity index (χ1n) is 5.36. The molecule has 5 heteroatoms. The molecular weight excluding hydrogens is 216 g/mol. The van der Waals surface area contributed by atoms with Crippen LogP contribution in [0.4, 0.5) is 5.82 Å². The summed E-state index contributed by atoms with van der Waals surface area (Å²) >= 11 is 0. The zero-order valence-corrected chi connectivity index (χ0v) is 9.84. The van der Waals surface area contributed by atoms with Gasteiger partial charge >= 0.3 is 0 Å². The van der Waals surface area contributed by atoms with E-state index >= 15 is 0 Å². The first-order valence-corrected chi connectivity index (χ1v) is 5.36. The van der Waals surface area contributed by atoms with E-state index in [-0.39, 0.29) is 5.91 Å². The van der Waals surface area contributed by atoms with Crippen LogP contribution in [0.25, 0.3) is 0 Å². The molecule has 0 spiro atoms. The minimum Gasteiger partial charge on any atom is -0.309 e. The van der Waals surface area contributed by atoms with E-state index in [2.05, 4.69) is 15.4 Å². The van der Waals surface area contributed by atoms with Crippen molar-refractivity contribution in [1.29, 1.82) is 0 Å². The highest BCUT2D eigenvalue weighted by Crippen LogP contribution is 2.07. The van der Waals surface area contributed by atoms with Crippen LogP contribution in [0.1, 0.15) is 18.2 Å². The number of nitrogens with one attached hydrogen (secondary N) is 1. The van der Waals surface area contributed by atoms with E-state index in [0.29, 0.717) is 12.4 Å². The molecule has 0 bridgehead atoms. The molecule has 0 unspecified atom stereocenters. The number of hydrogen-bond acceptors (Lipinski definition) is 3. The third-order valence-electron chi connectivity index (χ3n) is 2.37. The van der Waals surface area contributed by atoms with Gasteiger partial charge in [0.2, 0.25) is 5.91 Å². The standard InChI is InChI=1S/C12H14N4O/c1-9-4-3-6-13-11(9)8-16-7-5-12(15-16)14-10(2)17/h3-7H,8H2,1-2H3,(H,14,15,17). The van der Waals surface area contributed by atoms with Gasteiger partial charge in [-0.05, 0) is 18.6 Å². The number of rotatable bonds is 3. The first-order chi connectivity index (χ1) is 8.15. The van der Waals surface area contributed by atoms with Crippen molar-refractivity contribution in [3.05, 3.63) is 41.9 Å². The second-order valence-electron chi connectivity index (χ2n) is 3.85. The van der Waals surface area contributed by atoms with Crippen molar-refractivity contribution in [3.8, 4) is 0 Å². The summed E-state index contributed by atoms with van der Waals surface area (Å²) in [5, 5.41) is 6.87. The monoisotopic (exact) mass is 230 g/mol. The number of hydrogen-bond donors (Lipinski definition) is 1. The van der Waals surface area contributed by atoms with Crippen molar-refractivity contribution in [2.45, 2.75) is 20.4 Å². The van der Waals surface area contributed by atoms with Crippen LogP contribution in [0, 0.1) is 6.92 Å². The van der Waals surface area contributed by atoms with E-state index in [9.17, 15) is 4.79 Å². The van der Waals surface area contributed by atoms with Crippen LogP contribution in [-0.4, -0.2) is 20.7 Å². The van der Waals surface area contributed by atoms with Crippen molar-refractivity contribution in [2.24, 2.45) is 0 Å². The highest BCUT2D eigenvalue weighted by Gasteiger charge is 2.03. The van der Waals surface area contributed by atoms with Crippen LogP contribution in [0.5, 0.6) is 0 Å². The van der Waals surface area contributed by atoms with Gasteiger partial charge in [-0.1, -0.05) is 6.07 Å². The average Bonchev–Trinajstić information content (AvgIpc) is 2.68. The Morgan fingerprint density at radius 2 is 2.29 bits per heavy atom. The zero-order valence-electron chi connectivity index (χ0n) is 9.84. The van der Waals surface area contributed by atoms with Gasteiger partial charge < -0.3 is 5.32 Å². The number of pyridine rings is 1. The van der Waals surface area contributed by atoms with E-state index in [4.69, 9.17) is 0 Å². The van der Waals surface area contributed by atoms with Crippen LogP contribution >= 0.6 is 0 Å². The summed E-state index contributed by atoms with van der Waals surface area (Å²) in [5.41, 5.74) is 2.11. The van der Waals surface area contributed by atoms with Gasteiger partial charge in [0, 0.05) is 25.4 Å². The van der Waals surface area contributed by atoms with Gasteiger partial charge in [-0.3, -0.25) is 14.5 Å². The van der Waals surface area contributed by atoms with Gasteiger partial charge in [-0.2, -0.15) is 5.10 Å². The van der Waals surface area contributed by atoms with Gasteiger partial charge in [0.1, 0.15) is 0 Å². The fourth-order valence-corrected chi connectivity index (χ4v) is 1.53. The Balaban J connectivity index is 2.12. The average molecular weight is 230 g/mol. The van der Waals surface area contributed by atoms with Crippen LogP contribution in [-0.2, 0) is 11.3 Å². The largest absolute Gasteiger partial charge is 0.309 e. The summed E-state index contributed by atoms with van der Waals surface area (Å²) in [5.74, 6) is 0.440. The summed E-state index contributed by atoms with van der Waals surface area (Å²) in [7, 11) is 0. The van der Waals surface area contributed by atoms with Crippen molar-refractivity contribution in [2.75, 3.05) is 5.32 Å². The fraction of sp³-hybridized carbons (Fsp3) is 0.250. The maximum absolute atomic E-state index is 10.9. The lowest BCUT2D eigenvalue weighted by molar-refractivity contribution is -0.114. The summed E-state index contributed by atoms with van der Waals surface area (Å²) in [6, 6.07) is 5.69. The number of amides is 1. The summed E-state index contributed by atoms with van der Waals surface area (Å²) in [4.78, 5) is 15.2. The SMILES string of the molecule is CC(=O)Nc1ccn(Cc2ncccc2C)n1. The predicted molar refractivity (Wildman–Crippen MR) is 64.6 cm³/mol. The van der Waals surface area contributed by atoms with Gasteiger partial charge in [-0.25, -0.2) is 0 Å². The molecule has 0 radical (unpaired) electrons. The predicted octanol–water partition coefficient (Wildman–Crippen LogP) is 1.59. The molecule has 2 rings (SSSR count). The molecule has 2 aromatic rings. The highest BCUT2D eigenvalue weighted by molar-refractivity contribution is 5.87. The lowest BCUT2D eigenvalue weighted by atomic mass is 10.2. The molecule has 0 aromatic carbocycles. The maximum atomic E-state index is 10.9. The molecule has 88 valence electrons. The molecule has 1 amide bonds. The van der Waals surface area contributed by atoms with Gasteiger partial charge in [0.05, 0.1) is 12.2 Å². The van der Waals surface area contributed by atoms with E-state index in [1.807, 2.05) is 25.3 Å². The Morgan fingerprint density at radius 1 is 1.47 bits per heavy atom. The normalized spacial score (nSPS) is 10.2. The van der Waals surface area contributed by atoms with Gasteiger partial charge in [0.15, 0.2) is 5.82 Å². The van der Waals surface area contributed by atoms with Gasteiger partial charge in [-0.15, -0.1) is 0 Å². The molecule has 0 aliphatic carbocycles. The molecule has 0 atom stereocenters. The maximum Gasteiger partial charge on any atom is 0.222 e. The van der Waals surface area contributed by atoms with Crippen molar-refractivity contribution in [1.82, 2.24) is 14.8 Å². The number of aromatic nitrogens is 3. The van der Waals surface area contributed by atoms with Crippen molar-refractivity contribution < 1.29 is 4.79 Å². The number of carbonyl (C=O) groups is 1. The number of nitrogens with zero attached hydrogens (tertiary/aromatic N) is 3. The van der Waals surface area contributed by atoms with E-state index < -0.39 is 0 Å². The van der Waals surface area contributed by atoms with Crippen molar-refractivity contribution in [3.63, 3.8) is 0 Å². The minimum absolute atomic E-state index is 0.121. The molecule has 0 saturated carbocycles. The molecule has 0 fully saturated rings. The summed E-state index contributed by atoms with van der Waals surface area (Å²) < 4.78 is 1.75. The fourth-order valence-electron chi connectivity index (χ4n) is 1.53. The number of aryl methyl sites for hydroxylation is 1. The van der Waals surface area contributed by atoms with Crippen LogP contribution < -0.4 is 5.32 Å². The van der Waals surface area contributed by atoms with Crippen LogP contribution in [0.2, 0.25) is 0 Å². The van der Waals surface area contributed by atoms with E-state index in [1.165, 1.54) is 6.92 Å². The molecular formula is C12H14N4O.